The summed E-state index contributed by atoms with van der Waals surface area (Å²) in [6.45, 7) is 1.85. The van der Waals surface area contributed by atoms with Gasteiger partial charge in [-0.05, 0) is 42.5 Å². The number of ether oxygens (including phenoxy) is 1. The van der Waals surface area contributed by atoms with Crippen LogP contribution in [0, 0.1) is 6.92 Å². The minimum absolute atomic E-state index is 0.170. The highest BCUT2D eigenvalue weighted by molar-refractivity contribution is 6.31. The van der Waals surface area contributed by atoms with Crippen molar-refractivity contribution < 1.29 is 9.53 Å². The number of pyridine rings is 1. The fraction of sp³-hybridized carbons (Fsp3) is 0.200. The molecule has 0 radical (unpaired) electrons. The summed E-state index contributed by atoms with van der Waals surface area (Å²) in [6, 6.07) is 12.8. The number of benzene rings is 2. The minimum atomic E-state index is -0.197. The van der Waals surface area contributed by atoms with Gasteiger partial charge in [0.2, 0.25) is 5.91 Å². The second kappa shape index (κ2) is 7.62. The molecule has 2 N–H and O–H groups in total. The molecule has 6 heteroatoms. The van der Waals surface area contributed by atoms with Crippen LogP contribution in [0.25, 0.3) is 10.9 Å². The Morgan fingerprint density at radius 1 is 1.23 bits per heavy atom. The number of para-hydroxylation sites is 1. The van der Waals surface area contributed by atoms with Gasteiger partial charge < -0.3 is 15.0 Å². The fourth-order valence-corrected chi connectivity index (χ4v) is 2.92. The number of halogens is 1. The number of carbonyl (C=O) groups is 1. The van der Waals surface area contributed by atoms with Crippen LogP contribution in [0.2, 0.25) is 5.02 Å². The lowest BCUT2D eigenvalue weighted by Gasteiger charge is -2.12. The predicted octanol–water partition coefficient (Wildman–Crippen LogP) is 4.07. The Labute approximate surface area is 156 Å². The Balaban J connectivity index is 1.73. The molecule has 0 aliphatic heterocycles. The van der Waals surface area contributed by atoms with Gasteiger partial charge in [-0.3, -0.25) is 9.59 Å². The van der Waals surface area contributed by atoms with Crippen LogP contribution in [0.3, 0.4) is 0 Å². The number of aryl methyl sites for hydroxylation is 2. The van der Waals surface area contributed by atoms with Crippen molar-refractivity contribution in [2.45, 2.75) is 19.8 Å². The largest absolute Gasteiger partial charge is 0.495 e. The van der Waals surface area contributed by atoms with E-state index >= 15 is 0 Å². The first-order chi connectivity index (χ1) is 12.5. The third-order valence-electron chi connectivity index (χ3n) is 4.21. The zero-order valence-corrected chi connectivity index (χ0v) is 15.3. The summed E-state index contributed by atoms with van der Waals surface area (Å²) in [7, 11) is 1.52. The van der Waals surface area contributed by atoms with Gasteiger partial charge in [-0.2, -0.15) is 0 Å². The Hall–Kier alpha value is -2.79. The van der Waals surface area contributed by atoms with Crippen molar-refractivity contribution in [1.29, 1.82) is 0 Å². The molecule has 26 heavy (non-hydrogen) atoms. The zero-order valence-electron chi connectivity index (χ0n) is 14.6. The molecule has 134 valence electrons. The average Bonchev–Trinajstić information content (AvgIpc) is 2.62. The second-order valence-corrected chi connectivity index (χ2v) is 6.47. The van der Waals surface area contributed by atoms with Gasteiger partial charge in [0.1, 0.15) is 5.75 Å². The summed E-state index contributed by atoms with van der Waals surface area (Å²) in [5, 5.41) is 4.34. The lowest BCUT2D eigenvalue weighted by molar-refractivity contribution is -0.116. The van der Waals surface area contributed by atoms with Crippen LogP contribution in [-0.2, 0) is 11.2 Å². The number of nitrogens with one attached hydrogen (secondary N) is 2. The Morgan fingerprint density at radius 2 is 2.00 bits per heavy atom. The molecule has 0 atom stereocenters. The molecular weight excluding hydrogens is 352 g/mol. The molecule has 1 heterocycles. The van der Waals surface area contributed by atoms with Crippen molar-refractivity contribution in [2.75, 3.05) is 12.4 Å². The van der Waals surface area contributed by atoms with Crippen LogP contribution in [0.5, 0.6) is 5.75 Å². The molecule has 1 amide bonds. The standard InChI is InChI=1S/C20H19ClN2O3/c1-12-9-17(18(26-2)11-15(12)21)22-19(24)8-7-14-10-13-5-3-4-6-16(13)23-20(14)25/h3-6,9-11H,7-8H2,1-2H3,(H,22,24)(H,23,25). The van der Waals surface area contributed by atoms with E-state index in [1.54, 1.807) is 12.1 Å². The Kier molecular flexibility index (Phi) is 5.28. The SMILES string of the molecule is COc1cc(Cl)c(C)cc1NC(=O)CCc1cc2ccccc2[nH]c1=O. The Morgan fingerprint density at radius 3 is 2.77 bits per heavy atom. The van der Waals surface area contributed by atoms with Crippen molar-refractivity contribution in [3.63, 3.8) is 0 Å². The van der Waals surface area contributed by atoms with Gasteiger partial charge in [0.05, 0.1) is 12.8 Å². The van der Waals surface area contributed by atoms with Crippen LogP contribution < -0.4 is 15.6 Å². The van der Waals surface area contributed by atoms with Crippen molar-refractivity contribution in [2.24, 2.45) is 0 Å². The molecule has 3 rings (SSSR count). The van der Waals surface area contributed by atoms with Crippen molar-refractivity contribution >= 4 is 34.1 Å². The molecule has 0 saturated carbocycles. The molecule has 5 nitrogen and oxygen atoms in total. The van der Waals surface area contributed by atoms with Crippen molar-refractivity contribution in [3.8, 4) is 5.75 Å². The van der Waals surface area contributed by atoms with Gasteiger partial charge in [0, 0.05) is 28.6 Å². The number of aromatic nitrogens is 1. The van der Waals surface area contributed by atoms with Crippen LogP contribution >= 0.6 is 11.6 Å². The van der Waals surface area contributed by atoms with E-state index in [0.717, 1.165) is 16.5 Å². The van der Waals surface area contributed by atoms with Gasteiger partial charge in [-0.15, -0.1) is 0 Å². The molecule has 2 aromatic carbocycles. The Bertz CT molecular complexity index is 1030. The number of anilines is 1. The monoisotopic (exact) mass is 370 g/mol. The van der Waals surface area contributed by atoms with Crippen LogP contribution in [-0.4, -0.2) is 18.0 Å². The van der Waals surface area contributed by atoms with Crippen LogP contribution in [0.15, 0.2) is 47.3 Å². The maximum atomic E-state index is 12.3. The number of carbonyl (C=O) groups excluding carboxylic acids is 1. The third-order valence-corrected chi connectivity index (χ3v) is 4.61. The molecule has 0 unspecified atom stereocenters. The number of hydrogen-bond donors (Lipinski definition) is 2. The van der Waals surface area contributed by atoms with E-state index in [-0.39, 0.29) is 17.9 Å². The zero-order chi connectivity index (χ0) is 18.7. The van der Waals surface area contributed by atoms with Gasteiger partial charge in [0.25, 0.3) is 5.56 Å². The van der Waals surface area contributed by atoms with Crippen molar-refractivity contribution in [1.82, 2.24) is 4.98 Å². The molecule has 0 aliphatic rings. The summed E-state index contributed by atoms with van der Waals surface area (Å²) in [5.74, 6) is 0.301. The molecule has 1 aromatic heterocycles. The summed E-state index contributed by atoms with van der Waals surface area (Å²) < 4.78 is 5.26. The number of hydrogen-bond acceptors (Lipinski definition) is 3. The smallest absolute Gasteiger partial charge is 0.251 e. The average molecular weight is 371 g/mol. The van der Waals surface area contributed by atoms with Gasteiger partial charge in [0.15, 0.2) is 0 Å². The molecule has 0 bridgehead atoms. The van der Waals surface area contributed by atoms with Gasteiger partial charge >= 0.3 is 0 Å². The summed E-state index contributed by atoms with van der Waals surface area (Å²) >= 11 is 6.08. The lowest BCUT2D eigenvalue weighted by Crippen LogP contribution is -2.17. The highest BCUT2D eigenvalue weighted by Crippen LogP contribution is 2.31. The van der Waals surface area contributed by atoms with E-state index in [9.17, 15) is 9.59 Å². The quantitative estimate of drug-likeness (QED) is 0.711. The normalized spacial score (nSPS) is 10.7. The number of H-pyrrole nitrogens is 1. The van der Waals surface area contributed by atoms with E-state index in [0.29, 0.717) is 28.4 Å². The number of aromatic amines is 1. The summed E-state index contributed by atoms with van der Waals surface area (Å²) in [4.78, 5) is 27.3. The number of amides is 1. The first-order valence-corrected chi connectivity index (χ1v) is 8.60. The minimum Gasteiger partial charge on any atom is -0.495 e. The van der Waals surface area contributed by atoms with Gasteiger partial charge in [-0.25, -0.2) is 0 Å². The fourth-order valence-electron chi connectivity index (χ4n) is 2.77. The van der Waals surface area contributed by atoms with Gasteiger partial charge in [-0.1, -0.05) is 29.8 Å². The molecular formula is C20H19ClN2O3. The van der Waals surface area contributed by atoms with Crippen molar-refractivity contribution in [3.05, 3.63) is 69.0 Å². The van der Waals surface area contributed by atoms with E-state index in [2.05, 4.69) is 10.3 Å². The second-order valence-electron chi connectivity index (χ2n) is 6.06. The third kappa shape index (κ3) is 3.89. The summed E-state index contributed by atoms with van der Waals surface area (Å²) in [5.41, 5.74) is 2.60. The molecule has 0 saturated heterocycles. The molecule has 0 aliphatic carbocycles. The predicted molar refractivity (Wildman–Crippen MR) is 104 cm³/mol. The van der Waals surface area contributed by atoms with Crippen LogP contribution in [0.1, 0.15) is 17.5 Å². The van der Waals surface area contributed by atoms with E-state index < -0.39 is 0 Å². The van der Waals surface area contributed by atoms with E-state index in [1.165, 1.54) is 7.11 Å². The molecule has 3 aromatic rings. The van der Waals surface area contributed by atoms with Crippen LogP contribution in [0.4, 0.5) is 5.69 Å². The maximum Gasteiger partial charge on any atom is 0.251 e. The highest BCUT2D eigenvalue weighted by atomic mass is 35.5. The first kappa shape index (κ1) is 18.0. The number of rotatable bonds is 5. The number of methoxy groups -OCH3 is 1. The summed E-state index contributed by atoms with van der Waals surface area (Å²) in [6.07, 6.45) is 0.535. The molecule has 0 spiro atoms. The topological polar surface area (TPSA) is 71.2 Å². The highest BCUT2D eigenvalue weighted by Gasteiger charge is 2.12. The van der Waals surface area contributed by atoms with E-state index in [4.69, 9.17) is 16.3 Å². The maximum absolute atomic E-state index is 12.3. The number of fused-ring (bicyclic) bond motifs is 1. The lowest BCUT2D eigenvalue weighted by atomic mass is 10.1. The molecule has 0 fully saturated rings. The first-order valence-electron chi connectivity index (χ1n) is 8.23. The van der Waals surface area contributed by atoms with E-state index in [1.807, 2.05) is 37.3 Å².